The second kappa shape index (κ2) is 4.75. The molecule has 0 spiro atoms. The average Bonchev–Trinajstić information content (AvgIpc) is 3.06. The quantitative estimate of drug-likeness (QED) is 0.687. The molecule has 1 saturated heterocycles. The first-order chi connectivity index (χ1) is 9.18. The number of nitrogens with zero attached hydrogens (tertiary/aromatic N) is 3. The Morgan fingerprint density at radius 3 is 3.11 bits per heavy atom. The van der Waals surface area contributed by atoms with E-state index in [1.54, 1.807) is 5.51 Å². The predicted octanol–water partition coefficient (Wildman–Crippen LogP) is 2.00. The van der Waals surface area contributed by atoms with Crippen molar-refractivity contribution in [3.8, 4) is 0 Å². The van der Waals surface area contributed by atoms with E-state index in [4.69, 9.17) is 0 Å². The van der Waals surface area contributed by atoms with Gasteiger partial charge in [0, 0.05) is 19.6 Å². The fourth-order valence-electron chi connectivity index (χ4n) is 2.54. The second-order valence-electron chi connectivity index (χ2n) is 4.65. The van der Waals surface area contributed by atoms with Gasteiger partial charge in [-0.25, -0.2) is 4.98 Å². The summed E-state index contributed by atoms with van der Waals surface area (Å²) in [5.74, 6) is 0. The monoisotopic (exact) mass is 278 g/mol. The van der Waals surface area contributed by atoms with Gasteiger partial charge in [0.1, 0.15) is 5.69 Å². The van der Waals surface area contributed by atoms with Crippen molar-refractivity contribution >= 4 is 32.9 Å². The lowest BCUT2D eigenvalue weighted by Crippen LogP contribution is -2.33. The number of hydrogen-bond acceptors (Lipinski definition) is 6. The van der Waals surface area contributed by atoms with Crippen molar-refractivity contribution in [3.63, 3.8) is 0 Å². The highest BCUT2D eigenvalue weighted by Gasteiger charge is 2.28. The Hall–Kier alpha value is -1.73. The standard InChI is InChI=1S/C12H14N4O2S/c1-15(8-4-5-13-6-8)9-2-3-10-11(14-7-19-10)12(9)16(17)18/h2-3,7-8,13H,4-6H2,1H3. The fourth-order valence-corrected chi connectivity index (χ4v) is 3.22. The van der Waals surface area contributed by atoms with Gasteiger partial charge in [0.15, 0.2) is 5.52 Å². The topological polar surface area (TPSA) is 71.3 Å². The Kier molecular flexibility index (Phi) is 3.08. The minimum atomic E-state index is -0.323. The van der Waals surface area contributed by atoms with Crippen molar-refractivity contribution in [2.45, 2.75) is 12.5 Å². The lowest BCUT2D eigenvalue weighted by atomic mass is 10.1. The minimum Gasteiger partial charge on any atom is -0.365 e. The molecule has 1 aliphatic heterocycles. The van der Waals surface area contributed by atoms with Crippen molar-refractivity contribution in [1.82, 2.24) is 10.3 Å². The number of nitro groups is 1. The zero-order chi connectivity index (χ0) is 13.4. The van der Waals surface area contributed by atoms with Gasteiger partial charge in [0.05, 0.1) is 15.1 Å². The zero-order valence-electron chi connectivity index (χ0n) is 10.5. The first-order valence-corrected chi connectivity index (χ1v) is 7.00. The number of hydrogen-bond donors (Lipinski definition) is 1. The van der Waals surface area contributed by atoms with Gasteiger partial charge in [-0.15, -0.1) is 11.3 Å². The summed E-state index contributed by atoms with van der Waals surface area (Å²) >= 11 is 1.43. The van der Waals surface area contributed by atoms with E-state index >= 15 is 0 Å². The highest BCUT2D eigenvalue weighted by molar-refractivity contribution is 7.16. The molecule has 0 saturated carbocycles. The van der Waals surface area contributed by atoms with Gasteiger partial charge < -0.3 is 10.2 Å². The molecule has 7 heteroatoms. The molecular weight excluding hydrogens is 264 g/mol. The molecule has 0 bridgehead atoms. The summed E-state index contributed by atoms with van der Waals surface area (Å²) < 4.78 is 0.855. The van der Waals surface area contributed by atoms with Crippen molar-refractivity contribution < 1.29 is 4.92 Å². The third-order valence-electron chi connectivity index (χ3n) is 3.60. The highest BCUT2D eigenvalue weighted by Crippen LogP contribution is 2.37. The molecule has 0 aliphatic carbocycles. The van der Waals surface area contributed by atoms with Crippen LogP contribution in [0.25, 0.3) is 10.2 Å². The van der Waals surface area contributed by atoms with Gasteiger partial charge in [-0.3, -0.25) is 10.1 Å². The Labute approximate surface area is 114 Å². The number of nitrogens with one attached hydrogen (secondary N) is 1. The van der Waals surface area contributed by atoms with Crippen molar-refractivity contribution in [2.75, 3.05) is 25.0 Å². The maximum Gasteiger partial charge on any atom is 0.319 e. The first-order valence-electron chi connectivity index (χ1n) is 6.12. The molecule has 1 unspecified atom stereocenters. The first kappa shape index (κ1) is 12.3. The van der Waals surface area contributed by atoms with Crippen LogP contribution >= 0.6 is 11.3 Å². The van der Waals surface area contributed by atoms with E-state index in [1.807, 2.05) is 24.1 Å². The molecule has 100 valence electrons. The zero-order valence-corrected chi connectivity index (χ0v) is 11.3. The van der Waals surface area contributed by atoms with Crippen LogP contribution in [0.15, 0.2) is 17.6 Å². The Morgan fingerprint density at radius 1 is 1.58 bits per heavy atom. The van der Waals surface area contributed by atoms with Crippen molar-refractivity contribution in [2.24, 2.45) is 0 Å². The molecule has 1 aromatic heterocycles. The molecule has 6 nitrogen and oxygen atoms in total. The van der Waals surface area contributed by atoms with Crippen LogP contribution in [0.2, 0.25) is 0 Å². The number of fused-ring (bicyclic) bond motifs is 1. The number of benzene rings is 1. The number of likely N-dealkylation sites (N-methyl/N-ethyl adjacent to an activating group) is 1. The molecule has 0 amide bonds. The Bertz CT molecular complexity index is 621. The third-order valence-corrected chi connectivity index (χ3v) is 4.39. The lowest BCUT2D eigenvalue weighted by molar-refractivity contribution is -0.382. The maximum atomic E-state index is 11.4. The molecule has 2 heterocycles. The SMILES string of the molecule is CN(c1ccc2scnc2c1[N+](=O)[O-])C1CCNC1. The summed E-state index contributed by atoms with van der Waals surface area (Å²) in [6, 6.07) is 4.04. The van der Waals surface area contributed by atoms with Gasteiger partial charge >= 0.3 is 5.69 Å². The Balaban J connectivity index is 2.11. The number of anilines is 1. The minimum absolute atomic E-state index is 0.119. The molecule has 19 heavy (non-hydrogen) atoms. The van der Waals surface area contributed by atoms with Gasteiger partial charge in [-0.05, 0) is 25.1 Å². The molecule has 1 atom stereocenters. The van der Waals surface area contributed by atoms with Crippen LogP contribution in [0, 0.1) is 10.1 Å². The van der Waals surface area contributed by atoms with Gasteiger partial charge in [0.25, 0.3) is 0 Å². The molecule has 0 radical (unpaired) electrons. The van der Waals surface area contributed by atoms with Crippen LogP contribution in [0.3, 0.4) is 0 Å². The summed E-state index contributed by atoms with van der Waals surface area (Å²) in [7, 11) is 1.91. The third kappa shape index (κ3) is 2.04. The van der Waals surface area contributed by atoms with E-state index < -0.39 is 0 Å². The van der Waals surface area contributed by atoms with Crippen LogP contribution in [0.1, 0.15) is 6.42 Å². The van der Waals surface area contributed by atoms with Crippen molar-refractivity contribution in [3.05, 3.63) is 27.8 Å². The summed E-state index contributed by atoms with van der Waals surface area (Å²) in [4.78, 5) is 17.2. The number of aromatic nitrogens is 1. The van der Waals surface area contributed by atoms with Crippen LogP contribution < -0.4 is 10.2 Å². The largest absolute Gasteiger partial charge is 0.365 e. The molecule has 1 N–H and O–H groups in total. The van der Waals surface area contributed by atoms with Crippen LogP contribution in [-0.2, 0) is 0 Å². The van der Waals surface area contributed by atoms with E-state index in [0.29, 0.717) is 17.2 Å². The maximum absolute atomic E-state index is 11.4. The molecular formula is C12H14N4O2S. The van der Waals surface area contributed by atoms with Gasteiger partial charge in [-0.1, -0.05) is 0 Å². The van der Waals surface area contributed by atoms with Crippen LogP contribution in [0.5, 0.6) is 0 Å². The normalized spacial score (nSPS) is 18.9. The molecule has 3 rings (SSSR count). The van der Waals surface area contributed by atoms with Gasteiger partial charge in [-0.2, -0.15) is 0 Å². The van der Waals surface area contributed by atoms with Crippen LogP contribution in [-0.4, -0.2) is 36.1 Å². The Morgan fingerprint density at radius 2 is 2.42 bits per heavy atom. The van der Waals surface area contributed by atoms with E-state index in [2.05, 4.69) is 10.3 Å². The van der Waals surface area contributed by atoms with E-state index in [-0.39, 0.29) is 10.6 Å². The molecule has 1 aromatic carbocycles. The summed E-state index contributed by atoms with van der Waals surface area (Å²) in [5.41, 5.74) is 2.91. The highest BCUT2D eigenvalue weighted by atomic mass is 32.1. The number of nitro benzene ring substituents is 1. The van der Waals surface area contributed by atoms with E-state index in [9.17, 15) is 10.1 Å². The van der Waals surface area contributed by atoms with E-state index in [1.165, 1.54) is 11.3 Å². The summed E-state index contributed by atoms with van der Waals surface area (Å²) in [6.45, 7) is 1.82. The summed E-state index contributed by atoms with van der Waals surface area (Å²) in [5, 5.41) is 14.7. The molecule has 2 aromatic rings. The average molecular weight is 278 g/mol. The molecule has 1 aliphatic rings. The van der Waals surface area contributed by atoms with Gasteiger partial charge in [0.2, 0.25) is 0 Å². The number of rotatable bonds is 3. The second-order valence-corrected chi connectivity index (χ2v) is 5.53. The smallest absolute Gasteiger partial charge is 0.319 e. The molecule has 1 fully saturated rings. The fraction of sp³-hybridized carbons (Fsp3) is 0.417. The predicted molar refractivity (Wildman–Crippen MR) is 76.0 cm³/mol. The van der Waals surface area contributed by atoms with Crippen molar-refractivity contribution in [1.29, 1.82) is 0 Å². The number of thiazole rings is 1. The lowest BCUT2D eigenvalue weighted by Gasteiger charge is -2.25. The van der Waals surface area contributed by atoms with Crippen LogP contribution in [0.4, 0.5) is 11.4 Å². The van der Waals surface area contributed by atoms with E-state index in [0.717, 1.165) is 24.2 Å². The summed E-state index contributed by atoms with van der Waals surface area (Å²) in [6.07, 6.45) is 1.00.